The van der Waals surface area contributed by atoms with Crippen LogP contribution in [0.5, 0.6) is 5.75 Å². The lowest BCUT2D eigenvalue weighted by Gasteiger charge is -2.28. The molecule has 15 heteroatoms. The number of aromatic amines is 1. The van der Waals surface area contributed by atoms with Crippen LogP contribution in [0.2, 0.25) is 0 Å². The summed E-state index contributed by atoms with van der Waals surface area (Å²) in [5.74, 6) is -1.97. The number of esters is 1. The first-order valence-corrected chi connectivity index (χ1v) is 13.6. The quantitative estimate of drug-likeness (QED) is 0.141. The van der Waals surface area contributed by atoms with E-state index in [4.69, 9.17) is 49.4 Å². The highest BCUT2D eigenvalue weighted by Crippen LogP contribution is 2.50. The third kappa shape index (κ3) is 6.56. The average molecular weight is 588 g/mol. The van der Waals surface area contributed by atoms with Gasteiger partial charge in [0.05, 0.1) is 6.10 Å². The van der Waals surface area contributed by atoms with E-state index in [0.29, 0.717) is 0 Å². The summed E-state index contributed by atoms with van der Waals surface area (Å²) in [6.45, 7) is 3.35. The van der Waals surface area contributed by atoms with Gasteiger partial charge >= 0.3 is 13.7 Å². The minimum absolute atomic E-state index is 0.0670. The largest absolute Gasteiger partial charge is 0.462 e. The molecule has 6 atom stereocenters. The normalized spacial score (nSPS) is 27.3. The second kappa shape index (κ2) is 11.7. The van der Waals surface area contributed by atoms with Crippen LogP contribution in [-0.4, -0.2) is 62.0 Å². The molecular formula is C23H27FN3O8PS2. The summed E-state index contributed by atoms with van der Waals surface area (Å²) < 4.78 is 52.1. The Kier molecular flexibility index (Phi) is 9.28. The smallest absolute Gasteiger partial charge is 0.459 e. The van der Waals surface area contributed by atoms with Gasteiger partial charge in [-0.25, -0.2) is 8.96 Å². The third-order valence-corrected chi connectivity index (χ3v) is 7.48. The van der Waals surface area contributed by atoms with E-state index in [1.165, 1.54) is 31.3 Å². The van der Waals surface area contributed by atoms with E-state index in [1.807, 2.05) is 5.92 Å². The first-order valence-electron chi connectivity index (χ1n) is 11.3. The number of aromatic nitrogens is 2. The number of nitrogens with zero attached hydrogens (tertiary/aromatic N) is 1. The van der Waals surface area contributed by atoms with Crippen LogP contribution in [0.4, 0.5) is 4.39 Å². The third-order valence-electron chi connectivity index (χ3n) is 5.30. The van der Waals surface area contributed by atoms with E-state index < -0.39 is 56.3 Å². The van der Waals surface area contributed by atoms with E-state index >= 15 is 4.39 Å². The number of alkyl halides is 1. The predicted molar refractivity (Wildman–Crippen MR) is 139 cm³/mol. The maximum atomic E-state index is 16.0. The minimum Gasteiger partial charge on any atom is -0.462 e. The van der Waals surface area contributed by atoms with Gasteiger partial charge in [-0.3, -0.25) is 13.9 Å². The van der Waals surface area contributed by atoms with Gasteiger partial charge in [0.15, 0.2) is 17.1 Å². The Morgan fingerprint density at radius 2 is 2.00 bits per heavy atom. The number of nitrogens with one attached hydrogen (secondary N) is 2. The highest BCUT2D eigenvalue weighted by atomic mass is 32.1. The topological polar surface area (TPSA) is 144 Å². The Bertz CT molecular complexity index is 1370. The van der Waals surface area contributed by atoms with Crippen LogP contribution < -0.4 is 9.61 Å². The van der Waals surface area contributed by atoms with Crippen LogP contribution in [-0.2, 0) is 23.4 Å². The molecule has 4 N–H and O–H groups in total. The number of rotatable bonds is 10. The molecular weight excluding hydrogens is 560 g/mol. The Morgan fingerprint density at radius 1 is 1.34 bits per heavy atom. The Morgan fingerprint density at radius 3 is 2.58 bits per heavy atom. The molecule has 1 fully saturated rings. The molecule has 11 nitrogen and oxygen atoms in total. The molecule has 0 aliphatic carbocycles. The maximum absolute atomic E-state index is 16.0. The lowest BCUT2D eigenvalue weighted by molar-refractivity contribution is -0.203. The van der Waals surface area contributed by atoms with Crippen molar-refractivity contribution >= 4 is 38.2 Å². The van der Waals surface area contributed by atoms with Crippen molar-refractivity contribution in [1.82, 2.24) is 14.6 Å². The lowest BCUT2D eigenvalue weighted by Crippen LogP contribution is -2.50. The van der Waals surface area contributed by atoms with Gasteiger partial charge in [0.2, 0.25) is 5.60 Å². The summed E-state index contributed by atoms with van der Waals surface area (Å²) in [5, 5.41) is 24.1. The van der Waals surface area contributed by atoms with Gasteiger partial charge in [0.1, 0.15) is 23.0 Å². The van der Waals surface area contributed by atoms with Crippen LogP contribution >= 0.6 is 32.2 Å². The van der Waals surface area contributed by atoms with Gasteiger partial charge in [-0.15, -0.1) is 6.42 Å². The van der Waals surface area contributed by atoms with E-state index in [0.717, 1.165) is 4.57 Å². The van der Waals surface area contributed by atoms with Gasteiger partial charge in [0.25, 0.3) is 5.85 Å². The molecule has 0 radical (unpaired) electrons. The number of benzene rings is 1. The Hall–Kier alpha value is -2.47. The number of terminal acetylenes is 1. The maximum Gasteiger partial charge on any atom is 0.459 e. The van der Waals surface area contributed by atoms with E-state index in [1.54, 1.807) is 32.0 Å². The summed E-state index contributed by atoms with van der Waals surface area (Å²) in [6, 6.07) is 7.93. The number of aliphatic hydroxyl groups is 2. The van der Waals surface area contributed by atoms with Crippen molar-refractivity contribution in [2.75, 3.05) is 6.61 Å². The standard InChI is InChI=1S/C23H27FN3O8PS2/c1-5-22(30)19(29)23(24,34-20(22)27-12-11-17(37)25-21(27)38)13-32-36(31,35-16-9-7-6-8-10-16)26-15(4)18(28)33-14(2)3/h1,6-12,14-15,19-20,29-30H,13H2,2-4H3,(H,26,31)(H,25,37,38)/t15-,19?,20+,22+,23+,36?/m0/s1. The fourth-order valence-corrected chi connectivity index (χ4v) is 5.45. The molecule has 2 aromatic rings. The van der Waals surface area contributed by atoms with Crippen molar-refractivity contribution in [2.24, 2.45) is 0 Å². The molecule has 0 bridgehead atoms. The zero-order valence-electron chi connectivity index (χ0n) is 20.6. The number of aliphatic hydroxyl groups excluding tert-OH is 1. The van der Waals surface area contributed by atoms with Crippen molar-refractivity contribution < 1.29 is 42.5 Å². The van der Waals surface area contributed by atoms with Gasteiger partial charge in [-0.05, 0) is 51.2 Å². The van der Waals surface area contributed by atoms with Crippen LogP contribution in [0.1, 0.15) is 27.0 Å². The highest BCUT2D eigenvalue weighted by Gasteiger charge is 2.65. The van der Waals surface area contributed by atoms with Crippen molar-refractivity contribution in [3.05, 3.63) is 52.0 Å². The lowest BCUT2D eigenvalue weighted by atomic mass is 9.94. The SMILES string of the molecule is C#C[C@@]1(O)C(O)[C@@](F)(COP(=O)(N[C@@H](C)C(=O)OC(C)C)Oc2ccccc2)O[C@H]1n1ccc(=S)[nH]c1=S. The molecule has 1 aliphatic rings. The monoisotopic (exact) mass is 587 g/mol. The van der Waals surface area contributed by atoms with E-state index in [2.05, 4.69) is 10.1 Å². The fourth-order valence-electron chi connectivity index (χ4n) is 3.45. The van der Waals surface area contributed by atoms with E-state index in [-0.39, 0.29) is 15.2 Å². The number of hydrogen-bond acceptors (Lipinski definition) is 10. The average Bonchev–Trinajstić information content (AvgIpc) is 3.05. The summed E-state index contributed by atoms with van der Waals surface area (Å²) in [5.41, 5.74) is -2.63. The molecule has 0 amide bonds. The predicted octanol–water partition coefficient (Wildman–Crippen LogP) is 3.33. The Balaban J connectivity index is 1.90. The molecule has 0 saturated carbocycles. The van der Waals surface area contributed by atoms with Crippen molar-refractivity contribution in [3.63, 3.8) is 0 Å². The molecule has 1 aliphatic heterocycles. The van der Waals surface area contributed by atoms with Gasteiger partial charge < -0.3 is 29.2 Å². The number of carbonyl (C=O) groups excluding carboxylic acids is 1. The first kappa shape index (κ1) is 30.1. The van der Waals surface area contributed by atoms with Crippen LogP contribution in [0.15, 0.2) is 42.6 Å². The number of carbonyl (C=O) groups is 1. The second-order valence-electron chi connectivity index (χ2n) is 8.66. The highest BCUT2D eigenvalue weighted by molar-refractivity contribution is 7.72. The van der Waals surface area contributed by atoms with Crippen molar-refractivity contribution in [1.29, 1.82) is 0 Å². The molecule has 2 unspecified atom stereocenters. The molecule has 1 aromatic carbocycles. The molecule has 3 rings (SSSR count). The molecule has 1 saturated heterocycles. The van der Waals surface area contributed by atoms with Gasteiger partial charge in [0, 0.05) is 6.20 Å². The molecule has 0 spiro atoms. The molecule has 206 valence electrons. The minimum atomic E-state index is -4.54. The first-order chi connectivity index (χ1) is 17.7. The molecule has 2 heterocycles. The Labute approximate surface area is 228 Å². The summed E-state index contributed by atoms with van der Waals surface area (Å²) in [7, 11) is -4.54. The number of ether oxygens (including phenoxy) is 2. The van der Waals surface area contributed by atoms with Crippen LogP contribution in [0.25, 0.3) is 0 Å². The number of hydrogen-bond donors (Lipinski definition) is 4. The zero-order chi connectivity index (χ0) is 28.3. The summed E-state index contributed by atoms with van der Waals surface area (Å²) in [4.78, 5) is 14.9. The number of halogens is 1. The summed E-state index contributed by atoms with van der Waals surface area (Å²) >= 11 is 10.2. The second-order valence-corrected chi connectivity index (χ2v) is 11.2. The fraction of sp³-hybridized carbons (Fsp3) is 0.435. The van der Waals surface area contributed by atoms with Crippen LogP contribution in [0.3, 0.4) is 0 Å². The number of para-hydroxylation sites is 1. The van der Waals surface area contributed by atoms with Gasteiger partial charge in [-0.1, -0.05) is 36.3 Å². The summed E-state index contributed by atoms with van der Waals surface area (Å²) in [6.07, 6.45) is 2.16. The zero-order valence-corrected chi connectivity index (χ0v) is 23.1. The van der Waals surface area contributed by atoms with Gasteiger partial charge in [-0.2, -0.15) is 5.09 Å². The van der Waals surface area contributed by atoms with Crippen molar-refractivity contribution in [2.45, 2.75) is 56.7 Å². The number of H-pyrrole nitrogens is 1. The van der Waals surface area contributed by atoms with Crippen LogP contribution in [0, 0.1) is 21.8 Å². The van der Waals surface area contributed by atoms with Crippen molar-refractivity contribution in [3.8, 4) is 18.1 Å². The molecule has 1 aromatic heterocycles. The molecule has 38 heavy (non-hydrogen) atoms. The van der Waals surface area contributed by atoms with E-state index in [9.17, 15) is 19.6 Å².